The van der Waals surface area contributed by atoms with E-state index in [0.717, 1.165) is 6.07 Å². The molecule has 13 heavy (non-hydrogen) atoms. The van der Waals surface area contributed by atoms with Crippen molar-refractivity contribution in [3.8, 4) is 11.5 Å². The van der Waals surface area contributed by atoms with Gasteiger partial charge in [0.1, 0.15) is 5.82 Å². The van der Waals surface area contributed by atoms with E-state index in [1.807, 2.05) is 0 Å². The van der Waals surface area contributed by atoms with Gasteiger partial charge in [0.2, 0.25) is 0 Å². The van der Waals surface area contributed by atoms with E-state index in [9.17, 15) is 9.50 Å². The van der Waals surface area contributed by atoms with Gasteiger partial charge in [-0.15, -0.1) is 0 Å². The first-order valence-corrected chi connectivity index (χ1v) is 4.07. The predicted molar refractivity (Wildman–Crippen MR) is 46.4 cm³/mol. The van der Waals surface area contributed by atoms with Crippen molar-refractivity contribution >= 4 is 15.9 Å². The molecule has 0 heterocycles. The van der Waals surface area contributed by atoms with Gasteiger partial charge in [0.25, 0.3) is 0 Å². The maximum Gasteiger partial charge on any atom is 0.172 e. The molecule has 1 aromatic rings. The second kappa shape index (κ2) is 3.91. The summed E-state index contributed by atoms with van der Waals surface area (Å²) >= 11 is 2.90. The third-order valence-electron chi connectivity index (χ3n) is 1.49. The van der Waals surface area contributed by atoms with E-state index < -0.39 is 17.3 Å². The van der Waals surface area contributed by atoms with Crippen LogP contribution in [0, 0.1) is 5.82 Å². The van der Waals surface area contributed by atoms with Crippen LogP contribution in [0.5, 0.6) is 11.5 Å². The Labute approximate surface area is 81.8 Å². The minimum atomic E-state index is -0.701. The molecule has 4 N–H and O–H groups in total. The van der Waals surface area contributed by atoms with Gasteiger partial charge in [-0.3, -0.25) is 4.84 Å². The average molecular weight is 252 g/mol. The lowest BCUT2D eigenvalue weighted by atomic mass is 10.2. The van der Waals surface area contributed by atoms with Crippen LogP contribution in [0.2, 0.25) is 0 Å². The zero-order valence-corrected chi connectivity index (χ0v) is 8.01. The number of nitrogens with two attached hydrogens (primary N) is 1. The van der Waals surface area contributed by atoms with Crippen molar-refractivity contribution in [2.24, 2.45) is 5.90 Å². The molecule has 1 rings (SSSR count). The zero-order chi connectivity index (χ0) is 10.0. The smallest absolute Gasteiger partial charge is 0.172 e. The molecule has 0 radical (unpaired) electrons. The van der Waals surface area contributed by atoms with Gasteiger partial charge in [-0.2, -0.15) is 0 Å². The largest absolute Gasteiger partial charge is 0.504 e. The molecule has 0 aromatic heterocycles. The Morgan fingerprint density at radius 3 is 2.69 bits per heavy atom. The SMILES string of the molecule is NOCc1c(F)cc(O)c(O)c1Br. The molecule has 0 aliphatic carbocycles. The van der Waals surface area contributed by atoms with Gasteiger partial charge in [0, 0.05) is 11.6 Å². The first-order valence-electron chi connectivity index (χ1n) is 3.28. The maximum absolute atomic E-state index is 13.0. The second-order valence-electron chi connectivity index (χ2n) is 2.33. The van der Waals surface area contributed by atoms with Gasteiger partial charge >= 0.3 is 0 Å². The van der Waals surface area contributed by atoms with Crippen molar-refractivity contribution in [2.45, 2.75) is 6.61 Å². The Morgan fingerprint density at radius 1 is 1.54 bits per heavy atom. The molecular formula is C7H7BrFNO3. The fraction of sp³-hybridized carbons (Fsp3) is 0.143. The highest BCUT2D eigenvalue weighted by molar-refractivity contribution is 9.10. The molecule has 0 saturated carbocycles. The normalized spacial score (nSPS) is 10.4. The second-order valence-corrected chi connectivity index (χ2v) is 3.12. The van der Waals surface area contributed by atoms with Crippen LogP contribution in [-0.2, 0) is 11.4 Å². The van der Waals surface area contributed by atoms with Crippen LogP contribution in [0.15, 0.2) is 10.5 Å². The molecule has 0 fully saturated rings. The number of halogens is 2. The van der Waals surface area contributed by atoms with Gasteiger partial charge in [-0.1, -0.05) is 0 Å². The number of phenols is 2. The van der Waals surface area contributed by atoms with E-state index in [1.165, 1.54) is 0 Å². The van der Waals surface area contributed by atoms with Crippen LogP contribution in [0.25, 0.3) is 0 Å². The molecule has 4 nitrogen and oxygen atoms in total. The molecule has 72 valence electrons. The number of benzene rings is 1. The molecule has 0 spiro atoms. The van der Waals surface area contributed by atoms with Crippen molar-refractivity contribution in [2.75, 3.05) is 0 Å². The molecular weight excluding hydrogens is 245 g/mol. The van der Waals surface area contributed by atoms with Crippen molar-refractivity contribution in [1.29, 1.82) is 0 Å². The molecule has 0 unspecified atom stereocenters. The summed E-state index contributed by atoms with van der Waals surface area (Å²) in [5.41, 5.74) is 0.0535. The summed E-state index contributed by atoms with van der Waals surface area (Å²) in [6.07, 6.45) is 0. The monoisotopic (exact) mass is 251 g/mol. The minimum Gasteiger partial charge on any atom is -0.504 e. The third kappa shape index (κ3) is 1.90. The van der Waals surface area contributed by atoms with Crippen molar-refractivity contribution in [3.05, 3.63) is 21.9 Å². The summed E-state index contributed by atoms with van der Waals surface area (Å²) in [7, 11) is 0. The van der Waals surface area contributed by atoms with E-state index in [-0.39, 0.29) is 16.6 Å². The highest BCUT2D eigenvalue weighted by Crippen LogP contribution is 2.37. The molecule has 6 heteroatoms. The first kappa shape index (κ1) is 10.2. The molecule has 0 bridgehead atoms. The lowest BCUT2D eigenvalue weighted by Crippen LogP contribution is -2.02. The topological polar surface area (TPSA) is 75.7 Å². The third-order valence-corrected chi connectivity index (χ3v) is 2.35. The summed E-state index contributed by atoms with van der Waals surface area (Å²) < 4.78 is 13.1. The van der Waals surface area contributed by atoms with Crippen LogP contribution in [0.4, 0.5) is 4.39 Å². The van der Waals surface area contributed by atoms with Crippen LogP contribution >= 0.6 is 15.9 Å². The van der Waals surface area contributed by atoms with E-state index in [0.29, 0.717) is 0 Å². The number of hydrogen-bond donors (Lipinski definition) is 3. The van der Waals surface area contributed by atoms with Crippen molar-refractivity contribution in [1.82, 2.24) is 0 Å². The standard InChI is InChI=1S/C7H7BrFNO3/c8-6-3(2-13-10)4(9)1-5(11)7(6)12/h1,11-12H,2,10H2. The van der Waals surface area contributed by atoms with E-state index in [1.54, 1.807) is 0 Å². The molecule has 0 amide bonds. The van der Waals surface area contributed by atoms with Crippen LogP contribution in [0.3, 0.4) is 0 Å². The molecule has 0 atom stereocenters. The number of hydrogen-bond acceptors (Lipinski definition) is 4. The van der Waals surface area contributed by atoms with Crippen LogP contribution in [0.1, 0.15) is 5.56 Å². The summed E-state index contributed by atoms with van der Waals surface area (Å²) in [6.45, 7) is -0.194. The fourth-order valence-corrected chi connectivity index (χ4v) is 1.36. The highest BCUT2D eigenvalue weighted by Gasteiger charge is 2.15. The highest BCUT2D eigenvalue weighted by atomic mass is 79.9. The zero-order valence-electron chi connectivity index (χ0n) is 6.42. The van der Waals surface area contributed by atoms with Gasteiger partial charge in [0.05, 0.1) is 11.1 Å². The summed E-state index contributed by atoms with van der Waals surface area (Å²) in [6, 6.07) is 0.786. The number of phenolic OH excluding ortho intramolecular Hbond substituents is 2. The first-order chi connectivity index (χ1) is 6.07. The van der Waals surface area contributed by atoms with Crippen LogP contribution in [-0.4, -0.2) is 10.2 Å². The number of rotatable bonds is 2. The minimum absolute atomic E-state index is 0.0375. The lowest BCUT2D eigenvalue weighted by Gasteiger charge is -2.07. The summed E-state index contributed by atoms with van der Waals surface area (Å²) in [5.74, 6) is 3.08. The van der Waals surface area contributed by atoms with E-state index in [2.05, 4.69) is 20.8 Å². The Balaban J connectivity index is 3.26. The van der Waals surface area contributed by atoms with Gasteiger partial charge in [-0.25, -0.2) is 10.3 Å². The molecule has 0 aliphatic rings. The Bertz CT molecular complexity index is 332. The van der Waals surface area contributed by atoms with Gasteiger partial charge in [0.15, 0.2) is 11.5 Å². The van der Waals surface area contributed by atoms with Gasteiger partial charge < -0.3 is 10.2 Å². The molecule has 0 aliphatic heterocycles. The maximum atomic E-state index is 13.0. The predicted octanol–water partition coefficient (Wildman–Crippen LogP) is 1.39. The fourth-order valence-electron chi connectivity index (χ4n) is 0.851. The van der Waals surface area contributed by atoms with E-state index >= 15 is 0 Å². The van der Waals surface area contributed by atoms with Crippen molar-refractivity contribution < 1.29 is 19.4 Å². The lowest BCUT2D eigenvalue weighted by molar-refractivity contribution is 0.120. The average Bonchev–Trinajstić information content (AvgIpc) is 2.09. The summed E-state index contributed by atoms with van der Waals surface area (Å²) in [5, 5.41) is 18.2. The molecule has 0 saturated heterocycles. The Kier molecular flexibility index (Phi) is 3.07. The Hall–Kier alpha value is -0.850. The van der Waals surface area contributed by atoms with Crippen molar-refractivity contribution in [3.63, 3.8) is 0 Å². The molecule has 1 aromatic carbocycles. The summed E-state index contributed by atoms with van der Waals surface area (Å²) in [4.78, 5) is 4.22. The van der Waals surface area contributed by atoms with E-state index in [4.69, 9.17) is 11.0 Å². The Morgan fingerprint density at radius 2 is 2.15 bits per heavy atom. The van der Waals surface area contributed by atoms with Crippen LogP contribution < -0.4 is 5.90 Å². The van der Waals surface area contributed by atoms with Gasteiger partial charge in [-0.05, 0) is 15.9 Å². The quantitative estimate of drug-likeness (QED) is 0.549. The number of aromatic hydroxyl groups is 2.